The molecule has 1 aliphatic rings. The number of rotatable bonds is 7. The highest BCUT2D eigenvalue weighted by atomic mass is 16.5. The lowest BCUT2D eigenvalue weighted by atomic mass is 10.1. The maximum absolute atomic E-state index is 12.5. The van der Waals surface area contributed by atoms with Crippen LogP contribution in [0.3, 0.4) is 0 Å². The number of fused-ring (bicyclic) bond motifs is 1. The van der Waals surface area contributed by atoms with E-state index in [1.165, 1.54) is 12.8 Å². The maximum Gasteiger partial charge on any atom is 0.340 e. The Morgan fingerprint density at radius 2 is 2.24 bits per heavy atom. The SMILES string of the molecule is CCOC(=O)c1c(CNC=N)n(C)c2ncc(OC3CCCC3)cc12. The van der Waals surface area contributed by atoms with Crippen molar-refractivity contribution >= 4 is 23.3 Å². The predicted octanol–water partition coefficient (Wildman–Crippen LogP) is 2.77. The van der Waals surface area contributed by atoms with Gasteiger partial charge in [0.25, 0.3) is 0 Å². The third kappa shape index (κ3) is 3.45. The number of aromatic nitrogens is 2. The molecule has 0 saturated heterocycles. The second-order valence-corrected chi connectivity index (χ2v) is 6.19. The Kier molecular flexibility index (Phi) is 5.21. The van der Waals surface area contributed by atoms with Gasteiger partial charge in [0.1, 0.15) is 11.4 Å². The van der Waals surface area contributed by atoms with E-state index in [-0.39, 0.29) is 12.1 Å². The fourth-order valence-corrected chi connectivity index (χ4v) is 3.39. The molecule has 0 radical (unpaired) electrons. The molecule has 2 aromatic rings. The zero-order valence-electron chi connectivity index (χ0n) is 14.7. The fourth-order valence-electron chi connectivity index (χ4n) is 3.39. The molecule has 1 aliphatic carbocycles. The van der Waals surface area contributed by atoms with E-state index >= 15 is 0 Å². The van der Waals surface area contributed by atoms with Crippen LogP contribution in [-0.2, 0) is 18.3 Å². The molecule has 0 amide bonds. The van der Waals surface area contributed by atoms with Crippen LogP contribution in [0.15, 0.2) is 12.3 Å². The van der Waals surface area contributed by atoms with Crippen molar-refractivity contribution in [2.24, 2.45) is 7.05 Å². The van der Waals surface area contributed by atoms with Crippen molar-refractivity contribution < 1.29 is 14.3 Å². The van der Waals surface area contributed by atoms with E-state index in [9.17, 15) is 4.79 Å². The second-order valence-electron chi connectivity index (χ2n) is 6.19. The highest BCUT2D eigenvalue weighted by Crippen LogP contribution is 2.30. The van der Waals surface area contributed by atoms with E-state index in [2.05, 4.69) is 10.3 Å². The number of hydrogen-bond acceptors (Lipinski definition) is 5. The van der Waals surface area contributed by atoms with Gasteiger partial charge < -0.3 is 19.4 Å². The number of esters is 1. The summed E-state index contributed by atoms with van der Waals surface area (Å²) in [4.78, 5) is 17.0. The molecule has 7 nitrogen and oxygen atoms in total. The van der Waals surface area contributed by atoms with Crippen molar-refractivity contribution in [3.63, 3.8) is 0 Å². The standard InChI is InChI=1S/C18H24N4O3/c1-3-24-18(23)16-14-8-13(25-12-6-4-5-7-12)9-21-17(14)22(2)15(16)10-20-11-19/h8-9,11-12H,3-7,10H2,1-2H3,(H2,19,20). The van der Waals surface area contributed by atoms with Gasteiger partial charge in [0.2, 0.25) is 0 Å². The van der Waals surface area contributed by atoms with Gasteiger partial charge in [0.05, 0.1) is 43.0 Å². The van der Waals surface area contributed by atoms with Gasteiger partial charge in [0, 0.05) is 12.4 Å². The van der Waals surface area contributed by atoms with Gasteiger partial charge >= 0.3 is 5.97 Å². The number of pyridine rings is 1. The minimum Gasteiger partial charge on any atom is -0.489 e. The van der Waals surface area contributed by atoms with Gasteiger partial charge in [-0.3, -0.25) is 5.41 Å². The van der Waals surface area contributed by atoms with E-state index in [0.717, 1.165) is 30.3 Å². The van der Waals surface area contributed by atoms with Gasteiger partial charge in [-0.25, -0.2) is 9.78 Å². The second kappa shape index (κ2) is 7.55. The van der Waals surface area contributed by atoms with Crippen LogP contribution in [0, 0.1) is 5.41 Å². The Hall–Kier alpha value is -2.57. The largest absolute Gasteiger partial charge is 0.489 e. The number of carbonyl (C=O) groups excluding carboxylic acids is 1. The zero-order chi connectivity index (χ0) is 17.8. The molecule has 2 N–H and O–H groups in total. The molecule has 0 aromatic carbocycles. The van der Waals surface area contributed by atoms with Crippen molar-refractivity contribution in [2.75, 3.05) is 6.61 Å². The third-order valence-electron chi connectivity index (χ3n) is 4.58. The van der Waals surface area contributed by atoms with E-state index < -0.39 is 0 Å². The summed E-state index contributed by atoms with van der Waals surface area (Å²) in [5.41, 5.74) is 1.92. The van der Waals surface area contributed by atoms with E-state index in [1.54, 1.807) is 13.1 Å². The van der Waals surface area contributed by atoms with Crippen LogP contribution in [0.2, 0.25) is 0 Å². The minimum absolute atomic E-state index is 0.230. The lowest BCUT2D eigenvalue weighted by molar-refractivity contribution is 0.0527. The molecule has 3 rings (SSSR count). The molecule has 134 valence electrons. The number of aryl methyl sites for hydroxylation is 1. The van der Waals surface area contributed by atoms with Crippen molar-refractivity contribution in [3.8, 4) is 5.75 Å². The number of nitrogens with zero attached hydrogens (tertiary/aromatic N) is 2. The van der Waals surface area contributed by atoms with Gasteiger partial charge in [-0.2, -0.15) is 0 Å². The Balaban J connectivity index is 2.04. The zero-order valence-corrected chi connectivity index (χ0v) is 14.7. The highest BCUT2D eigenvalue weighted by molar-refractivity contribution is 6.05. The Morgan fingerprint density at radius 3 is 2.92 bits per heavy atom. The molecule has 2 heterocycles. The van der Waals surface area contributed by atoms with E-state index in [1.807, 2.05) is 17.7 Å². The number of carbonyl (C=O) groups is 1. The molecule has 0 aliphatic heterocycles. The Bertz CT molecular complexity index is 778. The molecule has 0 unspecified atom stereocenters. The summed E-state index contributed by atoms with van der Waals surface area (Å²) >= 11 is 0. The van der Waals surface area contributed by atoms with Crippen LogP contribution in [-0.4, -0.2) is 34.6 Å². The van der Waals surface area contributed by atoms with Crippen LogP contribution in [0.4, 0.5) is 0 Å². The Labute approximate surface area is 146 Å². The molecule has 7 heteroatoms. The first-order valence-electron chi connectivity index (χ1n) is 8.69. The van der Waals surface area contributed by atoms with Crippen LogP contribution < -0.4 is 10.1 Å². The van der Waals surface area contributed by atoms with Crippen molar-refractivity contribution in [3.05, 3.63) is 23.5 Å². The average Bonchev–Trinajstić information content (AvgIpc) is 3.20. The summed E-state index contributed by atoms with van der Waals surface area (Å²) in [6.45, 7) is 2.44. The summed E-state index contributed by atoms with van der Waals surface area (Å²) in [6, 6.07) is 1.88. The fraction of sp³-hybridized carbons (Fsp3) is 0.500. The first-order valence-corrected chi connectivity index (χ1v) is 8.69. The van der Waals surface area contributed by atoms with Crippen LogP contribution in [0.25, 0.3) is 11.0 Å². The maximum atomic E-state index is 12.5. The van der Waals surface area contributed by atoms with Gasteiger partial charge in [0.15, 0.2) is 0 Å². The molecule has 25 heavy (non-hydrogen) atoms. The normalized spacial score (nSPS) is 14.6. The molecular formula is C18H24N4O3. The predicted molar refractivity (Wildman–Crippen MR) is 95.2 cm³/mol. The van der Waals surface area contributed by atoms with Gasteiger partial charge in [-0.05, 0) is 38.7 Å². The van der Waals surface area contributed by atoms with Crippen molar-refractivity contribution in [1.29, 1.82) is 5.41 Å². The van der Waals surface area contributed by atoms with Crippen LogP contribution in [0.1, 0.15) is 48.7 Å². The summed E-state index contributed by atoms with van der Waals surface area (Å²) < 4.78 is 13.1. The minimum atomic E-state index is -0.380. The number of nitrogens with one attached hydrogen (secondary N) is 2. The van der Waals surface area contributed by atoms with Crippen LogP contribution in [0.5, 0.6) is 5.75 Å². The van der Waals surface area contributed by atoms with Gasteiger partial charge in [-0.1, -0.05) is 0 Å². The number of hydrogen-bond donors (Lipinski definition) is 2. The lowest BCUT2D eigenvalue weighted by Crippen LogP contribution is -2.16. The van der Waals surface area contributed by atoms with Crippen molar-refractivity contribution in [1.82, 2.24) is 14.9 Å². The molecule has 2 aromatic heterocycles. The molecule has 1 fully saturated rings. The van der Waals surface area contributed by atoms with Gasteiger partial charge in [-0.15, -0.1) is 0 Å². The summed E-state index contributed by atoms with van der Waals surface area (Å²) in [5.74, 6) is 0.303. The van der Waals surface area contributed by atoms with Crippen molar-refractivity contribution in [2.45, 2.75) is 45.3 Å². The number of ether oxygens (including phenoxy) is 2. The Morgan fingerprint density at radius 1 is 1.48 bits per heavy atom. The first kappa shape index (κ1) is 17.3. The summed E-state index contributed by atoms with van der Waals surface area (Å²) in [6.07, 6.45) is 7.56. The first-order chi connectivity index (χ1) is 12.2. The average molecular weight is 344 g/mol. The highest BCUT2D eigenvalue weighted by Gasteiger charge is 2.24. The summed E-state index contributed by atoms with van der Waals surface area (Å²) in [7, 11) is 1.86. The monoisotopic (exact) mass is 344 g/mol. The smallest absolute Gasteiger partial charge is 0.340 e. The molecule has 0 bridgehead atoms. The van der Waals surface area contributed by atoms with Crippen LogP contribution >= 0.6 is 0 Å². The summed E-state index contributed by atoms with van der Waals surface area (Å²) in [5, 5.41) is 10.7. The van der Waals surface area contributed by atoms with E-state index in [0.29, 0.717) is 30.1 Å². The molecule has 0 spiro atoms. The topological polar surface area (TPSA) is 89.2 Å². The third-order valence-corrected chi connectivity index (χ3v) is 4.58. The quantitative estimate of drug-likeness (QED) is 0.458. The molecular weight excluding hydrogens is 320 g/mol. The molecule has 1 saturated carbocycles. The van der Waals surface area contributed by atoms with E-state index in [4.69, 9.17) is 14.9 Å². The molecule has 0 atom stereocenters. The lowest BCUT2D eigenvalue weighted by Gasteiger charge is -2.12.